The van der Waals surface area contributed by atoms with Crippen molar-refractivity contribution in [3.8, 4) is 0 Å². The van der Waals surface area contributed by atoms with Gasteiger partial charge in [-0.15, -0.1) is 0 Å². The molecule has 0 bridgehead atoms. The predicted molar refractivity (Wildman–Crippen MR) is 98.2 cm³/mol. The van der Waals surface area contributed by atoms with Crippen molar-refractivity contribution in [1.82, 2.24) is 9.88 Å². The quantitative estimate of drug-likeness (QED) is 0.849. The van der Waals surface area contributed by atoms with Crippen LogP contribution in [0.5, 0.6) is 0 Å². The summed E-state index contributed by atoms with van der Waals surface area (Å²) in [5.74, 6) is 1.17. The van der Waals surface area contributed by atoms with Crippen LogP contribution in [0.2, 0.25) is 0 Å². The number of carbonyl (C=O) groups excluding carboxylic acids is 1. The number of carbonyl (C=O) groups is 1. The average Bonchev–Trinajstić information content (AvgIpc) is 3.05. The van der Waals surface area contributed by atoms with E-state index in [4.69, 9.17) is 0 Å². The third kappa shape index (κ3) is 3.09. The Kier molecular flexibility index (Phi) is 4.34. The molecule has 0 spiro atoms. The molecule has 1 N–H and O–H groups in total. The normalized spacial score (nSPS) is 22.9. The molecule has 128 valence electrons. The molecule has 1 aliphatic heterocycles. The Hall–Kier alpha value is -1.77. The van der Waals surface area contributed by atoms with Crippen LogP contribution in [0.25, 0.3) is 10.9 Å². The van der Waals surface area contributed by atoms with Crippen molar-refractivity contribution >= 4 is 16.8 Å². The SMILES string of the molecule is Cc1ccc2[nH]c(C3CCCN(C(=O)C4CCCCC4)C3)cc2c1. The van der Waals surface area contributed by atoms with Crippen LogP contribution >= 0.6 is 0 Å². The average molecular weight is 324 g/mol. The summed E-state index contributed by atoms with van der Waals surface area (Å²) in [5.41, 5.74) is 3.81. The van der Waals surface area contributed by atoms with Crippen LogP contribution in [0.4, 0.5) is 0 Å². The standard InChI is InChI=1S/C21H28N2O/c1-15-9-10-19-18(12-15)13-20(22-19)17-8-5-11-23(14-17)21(24)16-6-3-2-4-7-16/h9-10,12-13,16-17,22H,2-8,11,14H2,1H3. The van der Waals surface area contributed by atoms with E-state index in [0.717, 1.165) is 32.4 Å². The number of H-pyrrole nitrogens is 1. The Morgan fingerprint density at radius 1 is 1.08 bits per heavy atom. The molecule has 1 aliphatic carbocycles. The maximum atomic E-state index is 12.9. The topological polar surface area (TPSA) is 36.1 Å². The highest BCUT2D eigenvalue weighted by Crippen LogP contribution is 2.32. The van der Waals surface area contributed by atoms with Crippen LogP contribution < -0.4 is 0 Å². The summed E-state index contributed by atoms with van der Waals surface area (Å²) in [7, 11) is 0. The minimum atomic E-state index is 0.294. The van der Waals surface area contributed by atoms with Crippen molar-refractivity contribution in [2.75, 3.05) is 13.1 Å². The lowest BCUT2D eigenvalue weighted by Crippen LogP contribution is -2.42. The maximum Gasteiger partial charge on any atom is 0.225 e. The number of amides is 1. The van der Waals surface area contributed by atoms with Crippen LogP contribution in [0.15, 0.2) is 24.3 Å². The largest absolute Gasteiger partial charge is 0.358 e. The summed E-state index contributed by atoms with van der Waals surface area (Å²) in [6, 6.07) is 8.86. The number of fused-ring (bicyclic) bond motifs is 1. The second-order valence-corrected chi connectivity index (χ2v) is 7.77. The fourth-order valence-electron chi connectivity index (χ4n) is 4.53. The highest BCUT2D eigenvalue weighted by Gasteiger charge is 2.30. The number of likely N-dealkylation sites (tertiary alicyclic amines) is 1. The maximum absolute atomic E-state index is 12.9. The molecule has 2 aliphatic rings. The second kappa shape index (κ2) is 6.62. The van der Waals surface area contributed by atoms with Gasteiger partial charge in [0, 0.05) is 36.1 Å². The van der Waals surface area contributed by atoms with Crippen molar-refractivity contribution in [3.05, 3.63) is 35.5 Å². The molecule has 1 saturated heterocycles. The summed E-state index contributed by atoms with van der Waals surface area (Å²) < 4.78 is 0. The monoisotopic (exact) mass is 324 g/mol. The number of rotatable bonds is 2. The van der Waals surface area contributed by atoms with E-state index in [2.05, 4.69) is 41.1 Å². The van der Waals surface area contributed by atoms with Crippen LogP contribution in [-0.4, -0.2) is 28.9 Å². The van der Waals surface area contributed by atoms with Gasteiger partial charge in [0.05, 0.1) is 0 Å². The zero-order chi connectivity index (χ0) is 16.5. The van der Waals surface area contributed by atoms with Crippen LogP contribution in [-0.2, 0) is 4.79 Å². The lowest BCUT2D eigenvalue weighted by molar-refractivity contribution is -0.137. The van der Waals surface area contributed by atoms with Gasteiger partial charge in [0.2, 0.25) is 5.91 Å². The summed E-state index contributed by atoms with van der Waals surface area (Å²) >= 11 is 0. The molecule has 3 nitrogen and oxygen atoms in total. The molecule has 2 aromatic rings. The van der Waals surface area contributed by atoms with Gasteiger partial charge in [0.1, 0.15) is 0 Å². The van der Waals surface area contributed by atoms with E-state index in [1.54, 1.807) is 0 Å². The summed E-state index contributed by atoms with van der Waals surface area (Å²) in [6.07, 6.45) is 8.28. The van der Waals surface area contributed by atoms with Gasteiger partial charge in [0.15, 0.2) is 0 Å². The summed E-state index contributed by atoms with van der Waals surface area (Å²) in [5, 5.41) is 1.29. The van der Waals surface area contributed by atoms with E-state index in [-0.39, 0.29) is 0 Å². The summed E-state index contributed by atoms with van der Waals surface area (Å²) in [6.45, 7) is 3.98. The Morgan fingerprint density at radius 2 is 1.92 bits per heavy atom. The number of benzene rings is 1. The van der Waals surface area contributed by atoms with Gasteiger partial charge in [-0.05, 0) is 56.2 Å². The number of nitrogens with zero attached hydrogens (tertiary/aromatic N) is 1. The van der Waals surface area contributed by atoms with Gasteiger partial charge < -0.3 is 9.88 Å². The number of hydrogen-bond donors (Lipinski definition) is 1. The van der Waals surface area contributed by atoms with Crippen molar-refractivity contribution in [1.29, 1.82) is 0 Å². The van der Waals surface area contributed by atoms with Crippen LogP contribution in [0.1, 0.15) is 62.1 Å². The molecule has 24 heavy (non-hydrogen) atoms. The van der Waals surface area contributed by atoms with Crippen molar-refractivity contribution in [2.45, 2.75) is 57.8 Å². The van der Waals surface area contributed by atoms with Crippen molar-refractivity contribution in [2.24, 2.45) is 5.92 Å². The Labute approximate surface area is 144 Å². The molecule has 0 radical (unpaired) electrons. The Bertz CT molecular complexity index is 727. The van der Waals surface area contributed by atoms with E-state index in [1.807, 2.05) is 0 Å². The van der Waals surface area contributed by atoms with Gasteiger partial charge in [-0.1, -0.05) is 30.9 Å². The molecule has 2 heterocycles. The zero-order valence-electron chi connectivity index (χ0n) is 14.7. The molecule has 4 rings (SSSR count). The number of aryl methyl sites for hydroxylation is 1. The lowest BCUT2D eigenvalue weighted by Gasteiger charge is -2.35. The third-order valence-electron chi connectivity index (χ3n) is 5.92. The minimum Gasteiger partial charge on any atom is -0.358 e. The first-order valence-corrected chi connectivity index (χ1v) is 9.59. The van der Waals surface area contributed by atoms with Gasteiger partial charge in [0.25, 0.3) is 0 Å². The molecule has 1 aromatic heterocycles. The molecule has 1 atom stereocenters. The Morgan fingerprint density at radius 3 is 2.75 bits per heavy atom. The highest BCUT2D eigenvalue weighted by molar-refractivity contribution is 5.81. The van der Waals surface area contributed by atoms with Gasteiger partial charge >= 0.3 is 0 Å². The number of hydrogen-bond acceptors (Lipinski definition) is 1. The first-order chi connectivity index (χ1) is 11.7. The number of aromatic amines is 1. The van der Waals surface area contributed by atoms with Crippen LogP contribution in [0.3, 0.4) is 0 Å². The second-order valence-electron chi connectivity index (χ2n) is 7.77. The van der Waals surface area contributed by atoms with E-state index >= 15 is 0 Å². The summed E-state index contributed by atoms with van der Waals surface area (Å²) in [4.78, 5) is 18.6. The molecule has 1 aromatic carbocycles. The van der Waals surface area contributed by atoms with Crippen LogP contribution in [0, 0.1) is 12.8 Å². The molecular formula is C21H28N2O. The van der Waals surface area contributed by atoms with Crippen molar-refractivity contribution < 1.29 is 4.79 Å². The lowest BCUT2D eigenvalue weighted by atomic mass is 9.87. The van der Waals surface area contributed by atoms with E-state index in [9.17, 15) is 4.79 Å². The van der Waals surface area contributed by atoms with Gasteiger partial charge in [-0.3, -0.25) is 4.79 Å². The Balaban J connectivity index is 1.50. The fourth-order valence-corrected chi connectivity index (χ4v) is 4.53. The van der Waals surface area contributed by atoms with Crippen molar-refractivity contribution in [3.63, 3.8) is 0 Å². The first kappa shape index (κ1) is 15.7. The zero-order valence-corrected chi connectivity index (χ0v) is 14.7. The third-order valence-corrected chi connectivity index (χ3v) is 5.92. The van der Waals surface area contributed by atoms with E-state index in [0.29, 0.717) is 17.7 Å². The molecular weight excluding hydrogens is 296 g/mol. The van der Waals surface area contributed by atoms with E-state index in [1.165, 1.54) is 47.8 Å². The molecule has 1 amide bonds. The molecule has 1 saturated carbocycles. The number of piperidine rings is 1. The number of aromatic nitrogens is 1. The molecule has 1 unspecified atom stereocenters. The molecule has 3 heteroatoms. The predicted octanol–water partition coefficient (Wildman–Crippen LogP) is 4.76. The van der Waals surface area contributed by atoms with Gasteiger partial charge in [-0.25, -0.2) is 0 Å². The fraction of sp³-hybridized carbons (Fsp3) is 0.571. The highest BCUT2D eigenvalue weighted by atomic mass is 16.2. The number of nitrogens with one attached hydrogen (secondary N) is 1. The smallest absolute Gasteiger partial charge is 0.225 e. The first-order valence-electron chi connectivity index (χ1n) is 9.59. The van der Waals surface area contributed by atoms with Gasteiger partial charge in [-0.2, -0.15) is 0 Å². The molecule has 2 fully saturated rings. The minimum absolute atomic E-state index is 0.294. The van der Waals surface area contributed by atoms with E-state index < -0.39 is 0 Å².